The molecule has 0 aliphatic carbocycles. The SMILES string of the molecule is CCC/C(=N\Nc1ccccc1)c1cc2ccccc2oc1=O. The third-order valence-corrected chi connectivity index (χ3v) is 3.53. The lowest BCUT2D eigenvalue weighted by atomic mass is 10.1. The summed E-state index contributed by atoms with van der Waals surface area (Å²) in [6, 6.07) is 19.0. The molecule has 116 valence electrons. The van der Waals surface area contributed by atoms with E-state index in [0.717, 1.165) is 17.5 Å². The zero-order valence-electron chi connectivity index (χ0n) is 13.0. The van der Waals surface area contributed by atoms with Crippen molar-refractivity contribution >= 4 is 22.4 Å². The lowest BCUT2D eigenvalue weighted by Crippen LogP contribution is -2.16. The minimum atomic E-state index is -0.356. The molecular formula is C19H18N2O2. The fraction of sp³-hybridized carbons (Fsp3) is 0.158. The van der Waals surface area contributed by atoms with Crippen molar-refractivity contribution in [3.8, 4) is 0 Å². The van der Waals surface area contributed by atoms with Gasteiger partial charge in [-0.3, -0.25) is 5.43 Å². The third kappa shape index (κ3) is 3.48. The first-order valence-corrected chi connectivity index (χ1v) is 7.69. The third-order valence-electron chi connectivity index (χ3n) is 3.53. The van der Waals surface area contributed by atoms with Crippen LogP contribution in [-0.2, 0) is 0 Å². The van der Waals surface area contributed by atoms with Gasteiger partial charge in [-0.05, 0) is 30.7 Å². The van der Waals surface area contributed by atoms with E-state index in [1.54, 1.807) is 6.07 Å². The highest BCUT2D eigenvalue weighted by atomic mass is 16.4. The van der Waals surface area contributed by atoms with Crippen LogP contribution in [0.4, 0.5) is 5.69 Å². The Morgan fingerprint density at radius 2 is 1.83 bits per heavy atom. The summed E-state index contributed by atoms with van der Waals surface area (Å²) in [5, 5.41) is 5.32. The van der Waals surface area contributed by atoms with Crippen molar-refractivity contribution < 1.29 is 4.42 Å². The lowest BCUT2D eigenvalue weighted by molar-refractivity contribution is 0.559. The van der Waals surface area contributed by atoms with Gasteiger partial charge >= 0.3 is 5.63 Å². The molecule has 0 saturated carbocycles. The van der Waals surface area contributed by atoms with Gasteiger partial charge in [0.15, 0.2) is 0 Å². The molecule has 3 rings (SSSR count). The maximum Gasteiger partial charge on any atom is 0.345 e. The molecule has 0 atom stereocenters. The number of benzene rings is 2. The molecule has 0 aliphatic heterocycles. The number of fused-ring (bicyclic) bond motifs is 1. The van der Waals surface area contributed by atoms with Crippen LogP contribution in [0, 0.1) is 0 Å². The van der Waals surface area contributed by atoms with E-state index in [0.29, 0.717) is 23.3 Å². The Kier molecular flexibility index (Phi) is 4.52. The van der Waals surface area contributed by atoms with Gasteiger partial charge in [0.1, 0.15) is 5.58 Å². The molecule has 2 aromatic carbocycles. The maximum atomic E-state index is 12.3. The van der Waals surface area contributed by atoms with Crippen LogP contribution in [0.1, 0.15) is 25.3 Å². The van der Waals surface area contributed by atoms with Crippen molar-refractivity contribution in [1.82, 2.24) is 0 Å². The van der Waals surface area contributed by atoms with Crippen LogP contribution < -0.4 is 11.1 Å². The number of nitrogens with zero attached hydrogens (tertiary/aromatic N) is 1. The van der Waals surface area contributed by atoms with Crippen LogP contribution in [-0.4, -0.2) is 5.71 Å². The summed E-state index contributed by atoms with van der Waals surface area (Å²) in [5.74, 6) is 0. The Hall–Kier alpha value is -2.88. The Balaban J connectivity index is 2.00. The summed E-state index contributed by atoms with van der Waals surface area (Å²) < 4.78 is 5.41. The summed E-state index contributed by atoms with van der Waals surface area (Å²) >= 11 is 0. The van der Waals surface area contributed by atoms with E-state index in [9.17, 15) is 4.79 Å². The van der Waals surface area contributed by atoms with Gasteiger partial charge in [0.2, 0.25) is 0 Å². The number of anilines is 1. The Bertz CT molecular complexity index is 883. The Morgan fingerprint density at radius 3 is 2.61 bits per heavy atom. The zero-order valence-corrected chi connectivity index (χ0v) is 13.0. The van der Waals surface area contributed by atoms with Crippen LogP contribution in [0.3, 0.4) is 0 Å². The molecule has 0 amide bonds. The largest absolute Gasteiger partial charge is 0.422 e. The quantitative estimate of drug-likeness (QED) is 0.431. The van der Waals surface area contributed by atoms with E-state index in [2.05, 4.69) is 17.5 Å². The first-order valence-electron chi connectivity index (χ1n) is 7.69. The first kappa shape index (κ1) is 15.0. The van der Waals surface area contributed by atoms with E-state index in [-0.39, 0.29) is 5.63 Å². The summed E-state index contributed by atoms with van der Waals surface area (Å²) in [6.07, 6.45) is 1.59. The number of rotatable bonds is 5. The van der Waals surface area contributed by atoms with E-state index >= 15 is 0 Å². The van der Waals surface area contributed by atoms with Crippen LogP contribution in [0.2, 0.25) is 0 Å². The zero-order chi connectivity index (χ0) is 16.1. The molecule has 1 heterocycles. The number of nitrogens with one attached hydrogen (secondary N) is 1. The van der Waals surface area contributed by atoms with Gasteiger partial charge in [0, 0.05) is 5.39 Å². The van der Waals surface area contributed by atoms with Crippen LogP contribution >= 0.6 is 0 Å². The minimum absolute atomic E-state index is 0.356. The summed E-state index contributed by atoms with van der Waals surface area (Å²) in [6.45, 7) is 2.06. The molecule has 1 N–H and O–H groups in total. The average molecular weight is 306 g/mol. The van der Waals surface area contributed by atoms with Gasteiger partial charge in [-0.25, -0.2) is 4.79 Å². The molecule has 0 saturated heterocycles. The standard InChI is InChI=1S/C19H18N2O2/c1-2-8-17(21-20-15-10-4-3-5-11-15)16-13-14-9-6-7-12-18(14)23-19(16)22/h3-7,9-13,20H,2,8H2,1H3/b21-17+. The molecular weight excluding hydrogens is 288 g/mol. The average Bonchev–Trinajstić information content (AvgIpc) is 2.59. The summed E-state index contributed by atoms with van der Waals surface area (Å²) in [7, 11) is 0. The fourth-order valence-corrected chi connectivity index (χ4v) is 2.40. The van der Waals surface area contributed by atoms with Gasteiger partial charge in [0.25, 0.3) is 0 Å². The highest BCUT2D eigenvalue weighted by Crippen LogP contribution is 2.15. The predicted octanol–water partition coefficient (Wildman–Crippen LogP) is 4.41. The maximum absolute atomic E-state index is 12.3. The summed E-state index contributed by atoms with van der Waals surface area (Å²) in [5.41, 5.74) is 5.34. The molecule has 0 fully saturated rings. The molecule has 0 radical (unpaired) electrons. The molecule has 3 aromatic rings. The van der Waals surface area contributed by atoms with E-state index in [1.807, 2.05) is 54.6 Å². The second-order valence-electron chi connectivity index (χ2n) is 5.27. The Labute approximate surface area is 134 Å². The van der Waals surface area contributed by atoms with E-state index in [4.69, 9.17) is 4.42 Å². The van der Waals surface area contributed by atoms with Crippen molar-refractivity contribution in [2.45, 2.75) is 19.8 Å². The lowest BCUT2D eigenvalue weighted by Gasteiger charge is -2.07. The van der Waals surface area contributed by atoms with Crippen LogP contribution in [0.5, 0.6) is 0 Å². The summed E-state index contributed by atoms with van der Waals surface area (Å²) in [4.78, 5) is 12.3. The highest BCUT2D eigenvalue weighted by molar-refractivity contribution is 6.02. The minimum Gasteiger partial charge on any atom is -0.422 e. The topological polar surface area (TPSA) is 54.6 Å². The van der Waals surface area contributed by atoms with Crippen LogP contribution in [0.15, 0.2) is 75.0 Å². The van der Waals surface area contributed by atoms with Gasteiger partial charge < -0.3 is 4.42 Å². The number of hydrazone groups is 1. The smallest absolute Gasteiger partial charge is 0.345 e. The molecule has 23 heavy (non-hydrogen) atoms. The van der Waals surface area contributed by atoms with Gasteiger partial charge in [-0.1, -0.05) is 49.7 Å². The van der Waals surface area contributed by atoms with Crippen LogP contribution in [0.25, 0.3) is 11.0 Å². The van der Waals surface area contributed by atoms with Crippen molar-refractivity contribution in [3.05, 3.63) is 76.6 Å². The molecule has 0 spiro atoms. The fourth-order valence-electron chi connectivity index (χ4n) is 2.40. The molecule has 0 aliphatic rings. The van der Waals surface area contributed by atoms with Gasteiger partial charge in [-0.15, -0.1) is 0 Å². The normalized spacial score (nSPS) is 11.6. The monoisotopic (exact) mass is 306 g/mol. The molecule has 1 aromatic heterocycles. The van der Waals surface area contributed by atoms with E-state index in [1.165, 1.54) is 0 Å². The second kappa shape index (κ2) is 6.92. The van der Waals surface area contributed by atoms with E-state index < -0.39 is 0 Å². The molecule has 4 heteroatoms. The Morgan fingerprint density at radius 1 is 1.09 bits per heavy atom. The second-order valence-corrected chi connectivity index (χ2v) is 5.27. The van der Waals surface area contributed by atoms with Gasteiger partial charge in [-0.2, -0.15) is 5.10 Å². The predicted molar refractivity (Wildman–Crippen MR) is 94.0 cm³/mol. The number of hydrogen-bond acceptors (Lipinski definition) is 4. The first-order chi connectivity index (χ1) is 11.3. The van der Waals surface area contributed by atoms with Crippen molar-refractivity contribution in [3.63, 3.8) is 0 Å². The van der Waals surface area contributed by atoms with Crippen molar-refractivity contribution in [2.24, 2.45) is 5.10 Å². The molecule has 0 bridgehead atoms. The molecule has 4 nitrogen and oxygen atoms in total. The highest BCUT2D eigenvalue weighted by Gasteiger charge is 2.11. The molecule has 0 unspecified atom stereocenters. The van der Waals surface area contributed by atoms with Gasteiger partial charge in [0.05, 0.1) is 17.0 Å². The number of para-hydroxylation sites is 2. The van der Waals surface area contributed by atoms with Crippen molar-refractivity contribution in [2.75, 3.05) is 5.43 Å². The van der Waals surface area contributed by atoms with Crippen molar-refractivity contribution in [1.29, 1.82) is 0 Å². The number of hydrogen-bond donors (Lipinski definition) is 1.